The first kappa shape index (κ1) is 12.8. The van der Waals surface area contributed by atoms with Crippen molar-refractivity contribution in [3.8, 4) is 17.2 Å². The molecule has 1 atom stereocenters. The van der Waals surface area contributed by atoms with Gasteiger partial charge in [0, 0.05) is 17.4 Å². The van der Waals surface area contributed by atoms with E-state index in [2.05, 4.69) is 10.3 Å². The number of nitrogens with two attached hydrogens (primary N) is 1. The van der Waals surface area contributed by atoms with Crippen LogP contribution in [0, 0.1) is 0 Å². The standard InChI is InChI=1S/C16H15N3O3/c1-9-16(19-12-6-10(17)2-4-13(12)22-9)18-11-3-5-14-15(7-11)21-8-20-14/h2-7,9H,8,17H2,1H3,(H,18,19). The van der Waals surface area contributed by atoms with Crippen LogP contribution in [0.2, 0.25) is 0 Å². The van der Waals surface area contributed by atoms with Crippen LogP contribution in [0.3, 0.4) is 0 Å². The fourth-order valence-electron chi connectivity index (χ4n) is 2.44. The normalized spacial score (nSPS) is 18.2. The summed E-state index contributed by atoms with van der Waals surface area (Å²) >= 11 is 0. The van der Waals surface area contributed by atoms with Crippen LogP contribution in [0.15, 0.2) is 41.4 Å². The minimum Gasteiger partial charge on any atom is -0.481 e. The summed E-state index contributed by atoms with van der Waals surface area (Å²) in [4.78, 5) is 4.60. The van der Waals surface area contributed by atoms with Gasteiger partial charge in [-0.1, -0.05) is 0 Å². The zero-order valence-electron chi connectivity index (χ0n) is 12.0. The van der Waals surface area contributed by atoms with Crippen LogP contribution in [-0.4, -0.2) is 18.7 Å². The number of anilines is 2. The van der Waals surface area contributed by atoms with Gasteiger partial charge in [-0.3, -0.25) is 0 Å². The van der Waals surface area contributed by atoms with Gasteiger partial charge in [0.15, 0.2) is 17.6 Å². The minimum absolute atomic E-state index is 0.179. The number of nitrogen functional groups attached to an aromatic ring is 1. The number of benzene rings is 2. The van der Waals surface area contributed by atoms with Gasteiger partial charge >= 0.3 is 0 Å². The molecular formula is C16H15N3O3. The predicted molar refractivity (Wildman–Crippen MR) is 84.2 cm³/mol. The predicted octanol–water partition coefficient (Wildman–Crippen LogP) is 2.92. The van der Waals surface area contributed by atoms with E-state index >= 15 is 0 Å². The van der Waals surface area contributed by atoms with Crippen LogP contribution < -0.4 is 25.3 Å². The van der Waals surface area contributed by atoms with E-state index < -0.39 is 0 Å². The molecule has 4 rings (SSSR count). The van der Waals surface area contributed by atoms with Crippen LogP contribution in [0.4, 0.5) is 17.1 Å². The molecule has 6 nitrogen and oxygen atoms in total. The van der Waals surface area contributed by atoms with E-state index in [1.807, 2.05) is 31.2 Å². The summed E-state index contributed by atoms with van der Waals surface area (Å²) in [5, 5.41) is 3.27. The maximum absolute atomic E-state index is 5.86. The van der Waals surface area contributed by atoms with Gasteiger partial charge in [-0.2, -0.15) is 0 Å². The van der Waals surface area contributed by atoms with Crippen molar-refractivity contribution >= 4 is 22.9 Å². The summed E-state index contributed by atoms with van der Waals surface area (Å²) in [7, 11) is 0. The number of aliphatic imine (C=N–C) groups is 1. The molecule has 2 aromatic carbocycles. The zero-order valence-corrected chi connectivity index (χ0v) is 12.0. The van der Waals surface area contributed by atoms with Gasteiger partial charge in [-0.15, -0.1) is 0 Å². The largest absolute Gasteiger partial charge is 0.481 e. The van der Waals surface area contributed by atoms with E-state index in [1.165, 1.54) is 0 Å². The smallest absolute Gasteiger partial charge is 0.231 e. The molecule has 2 heterocycles. The van der Waals surface area contributed by atoms with Crippen LogP contribution in [0.5, 0.6) is 17.2 Å². The van der Waals surface area contributed by atoms with Gasteiger partial charge in [-0.25, -0.2) is 4.99 Å². The minimum atomic E-state index is -0.179. The third-order valence-corrected chi connectivity index (χ3v) is 3.56. The van der Waals surface area contributed by atoms with E-state index in [4.69, 9.17) is 19.9 Å². The van der Waals surface area contributed by atoms with Gasteiger partial charge in [-0.05, 0) is 37.3 Å². The Morgan fingerprint density at radius 2 is 1.91 bits per heavy atom. The quantitative estimate of drug-likeness (QED) is 0.791. The van der Waals surface area contributed by atoms with E-state index in [1.54, 1.807) is 12.1 Å². The maximum Gasteiger partial charge on any atom is 0.231 e. The number of ether oxygens (including phenoxy) is 3. The summed E-state index contributed by atoms with van der Waals surface area (Å²) in [6, 6.07) is 11.1. The van der Waals surface area contributed by atoms with Crippen molar-refractivity contribution in [2.75, 3.05) is 17.8 Å². The van der Waals surface area contributed by atoms with Crippen LogP contribution in [0.1, 0.15) is 6.92 Å². The first-order valence-electron chi connectivity index (χ1n) is 7.00. The average molecular weight is 297 g/mol. The molecule has 2 aromatic rings. The second-order valence-electron chi connectivity index (χ2n) is 5.18. The molecule has 1 unspecified atom stereocenters. The van der Waals surface area contributed by atoms with Gasteiger partial charge in [0.2, 0.25) is 6.79 Å². The first-order chi connectivity index (χ1) is 10.7. The van der Waals surface area contributed by atoms with Crippen molar-refractivity contribution in [1.82, 2.24) is 0 Å². The van der Waals surface area contributed by atoms with Crippen molar-refractivity contribution in [3.63, 3.8) is 0 Å². The summed E-state index contributed by atoms with van der Waals surface area (Å²) in [6.45, 7) is 2.20. The SMILES string of the molecule is CC1Oc2ccc(N)cc2N=C1Nc1ccc2c(c1)OCO2. The molecule has 6 heteroatoms. The van der Waals surface area contributed by atoms with Gasteiger partial charge in [0.1, 0.15) is 17.3 Å². The molecular weight excluding hydrogens is 282 g/mol. The van der Waals surface area contributed by atoms with E-state index in [9.17, 15) is 0 Å². The molecule has 0 bridgehead atoms. The molecule has 2 aliphatic rings. The highest BCUT2D eigenvalue weighted by molar-refractivity contribution is 6.02. The van der Waals surface area contributed by atoms with Gasteiger partial charge < -0.3 is 25.3 Å². The summed E-state index contributed by atoms with van der Waals surface area (Å²) in [5.74, 6) is 2.92. The topological polar surface area (TPSA) is 78.1 Å². The second kappa shape index (κ2) is 4.84. The lowest BCUT2D eigenvalue weighted by molar-refractivity contribution is 0.174. The Bertz CT molecular complexity index is 773. The highest BCUT2D eigenvalue weighted by Gasteiger charge is 2.22. The maximum atomic E-state index is 5.86. The van der Waals surface area contributed by atoms with Crippen molar-refractivity contribution in [1.29, 1.82) is 0 Å². The molecule has 0 fully saturated rings. The Kier molecular flexibility index (Phi) is 2.82. The van der Waals surface area contributed by atoms with Crippen molar-refractivity contribution < 1.29 is 14.2 Å². The molecule has 22 heavy (non-hydrogen) atoms. The average Bonchev–Trinajstić information content (AvgIpc) is 2.96. The second-order valence-corrected chi connectivity index (χ2v) is 5.18. The van der Waals surface area contributed by atoms with Crippen molar-refractivity contribution in [3.05, 3.63) is 36.4 Å². The summed E-state index contributed by atoms with van der Waals surface area (Å²) < 4.78 is 16.5. The first-order valence-corrected chi connectivity index (χ1v) is 7.00. The number of nitrogens with zero attached hydrogens (tertiary/aromatic N) is 1. The van der Waals surface area contributed by atoms with E-state index in [0.29, 0.717) is 5.69 Å². The Labute approximate surface area is 127 Å². The number of nitrogens with one attached hydrogen (secondary N) is 1. The van der Waals surface area contributed by atoms with Gasteiger partial charge in [0.25, 0.3) is 0 Å². The number of hydrogen-bond donors (Lipinski definition) is 2. The molecule has 0 aliphatic carbocycles. The third-order valence-electron chi connectivity index (χ3n) is 3.56. The number of hydrogen-bond acceptors (Lipinski definition) is 6. The molecule has 0 radical (unpaired) electrons. The fourth-order valence-corrected chi connectivity index (χ4v) is 2.44. The molecule has 3 N–H and O–H groups in total. The third kappa shape index (κ3) is 2.18. The molecule has 0 aromatic heterocycles. The van der Waals surface area contributed by atoms with Gasteiger partial charge in [0.05, 0.1) is 0 Å². The highest BCUT2D eigenvalue weighted by atomic mass is 16.7. The lowest BCUT2D eigenvalue weighted by Crippen LogP contribution is -2.32. The number of amidine groups is 1. The summed E-state index contributed by atoms with van der Waals surface area (Å²) in [6.07, 6.45) is -0.179. The molecule has 0 saturated carbocycles. The zero-order chi connectivity index (χ0) is 15.1. The monoisotopic (exact) mass is 297 g/mol. The van der Waals surface area contributed by atoms with Crippen LogP contribution in [0.25, 0.3) is 0 Å². The molecule has 0 amide bonds. The van der Waals surface area contributed by atoms with Crippen LogP contribution in [-0.2, 0) is 0 Å². The van der Waals surface area contributed by atoms with Crippen molar-refractivity contribution in [2.24, 2.45) is 4.99 Å². The lowest BCUT2D eigenvalue weighted by Gasteiger charge is -2.24. The van der Waals surface area contributed by atoms with Crippen LogP contribution >= 0.6 is 0 Å². The summed E-state index contributed by atoms with van der Waals surface area (Å²) in [5.41, 5.74) is 8.05. The molecule has 112 valence electrons. The molecule has 0 spiro atoms. The van der Waals surface area contributed by atoms with E-state index in [-0.39, 0.29) is 12.9 Å². The fraction of sp³-hybridized carbons (Fsp3) is 0.188. The Hall–Kier alpha value is -2.89. The Balaban J connectivity index is 1.64. The molecule has 2 aliphatic heterocycles. The number of rotatable bonds is 1. The Morgan fingerprint density at radius 1 is 1.09 bits per heavy atom. The van der Waals surface area contributed by atoms with Crippen molar-refractivity contribution in [2.45, 2.75) is 13.0 Å². The highest BCUT2D eigenvalue weighted by Crippen LogP contribution is 2.36. The Morgan fingerprint density at radius 3 is 2.82 bits per heavy atom. The number of fused-ring (bicyclic) bond motifs is 2. The molecule has 0 saturated heterocycles. The van der Waals surface area contributed by atoms with E-state index in [0.717, 1.165) is 34.5 Å². The lowest BCUT2D eigenvalue weighted by atomic mass is 10.2.